The number of rotatable bonds is 5. The van der Waals surface area contributed by atoms with E-state index in [0.29, 0.717) is 18.0 Å². The van der Waals surface area contributed by atoms with Crippen LogP contribution in [0.5, 0.6) is 0 Å². The monoisotopic (exact) mass is 339 g/mol. The molecule has 1 atom stereocenters. The largest absolute Gasteiger partial charge is 0.352 e. The number of carbonyl (C=O) groups is 2. The maximum absolute atomic E-state index is 12.1. The molecule has 1 aromatic rings. The summed E-state index contributed by atoms with van der Waals surface area (Å²) in [6.07, 6.45) is 1.91. The minimum atomic E-state index is -0.103. The van der Waals surface area contributed by atoms with Crippen LogP contribution in [0.2, 0.25) is 0 Å². The van der Waals surface area contributed by atoms with Crippen molar-refractivity contribution in [1.82, 2.24) is 10.6 Å². The van der Waals surface area contributed by atoms with Crippen LogP contribution in [-0.4, -0.2) is 30.9 Å². The quantitative estimate of drug-likeness (QED) is 0.772. The number of benzene rings is 1. The van der Waals surface area contributed by atoms with Gasteiger partial charge in [-0.1, -0.05) is 13.8 Å². The molecule has 0 radical (unpaired) electrons. The second-order valence-electron chi connectivity index (χ2n) is 6.27. The molecule has 0 aliphatic carbocycles. The average molecular weight is 340 g/mol. The highest BCUT2D eigenvalue weighted by atomic mass is 35.5. The number of hydrogen-bond donors (Lipinski definition) is 3. The molecule has 1 aliphatic rings. The van der Waals surface area contributed by atoms with E-state index in [-0.39, 0.29) is 30.3 Å². The molecule has 1 saturated heterocycles. The van der Waals surface area contributed by atoms with E-state index in [0.717, 1.165) is 30.6 Å². The first-order chi connectivity index (χ1) is 10.5. The van der Waals surface area contributed by atoms with Gasteiger partial charge in [0, 0.05) is 17.8 Å². The third kappa shape index (κ3) is 5.52. The van der Waals surface area contributed by atoms with Gasteiger partial charge in [-0.15, -0.1) is 12.4 Å². The Bertz CT molecular complexity index is 555. The van der Waals surface area contributed by atoms with Gasteiger partial charge in [-0.05, 0) is 56.0 Å². The molecule has 2 amide bonds. The van der Waals surface area contributed by atoms with Gasteiger partial charge in [-0.25, -0.2) is 0 Å². The second kappa shape index (κ2) is 8.89. The molecule has 0 saturated carbocycles. The van der Waals surface area contributed by atoms with Crippen molar-refractivity contribution in [3.05, 3.63) is 29.3 Å². The van der Waals surface area contributed by atoms with E-state index in [1.807, 2.05) is 13.0 Å². The Morgan fingerprint density at radius 2 is 2.09 bits per heavy atom. The van der Waals surface area contributed by atoms with Crippen LogP contribution in [0.15, 0.2) is 18.2 Å². The zero-order valence-electron chi connectivity index (χ0n) is 13.9. The standard InChI is InChI=1S/C17H25N3O2.ClH/c1-11(2)10-19-16(21)13-6-7-14(12(3)9-13)20-17(22)15-5-4-8-18-15;/h6-7,9,11,15,18H,4-5,8,10H2,1-3H3,(H,19,21)(H,20,22);1H. The van der Waals surface area contributed by atoms with Crippen LogP contribution in [0, 0.1) is 12.8 Å². The Labute approximate surface area is 144 Å². The smallest absolute Gasteiger partial charge is 0.251 e. The summed E-state index contributed by atoms with van der Waals surface area (Å²) in [6.45, 7) is 7.56. The van der Waals surface area contributed by atoms with Crippen molar-refractivity contribution in [3.8, 4) is 0 Å². The van der Waals surface area contributed by atoms with Crippen LogP contribution < -0.4 is 16.0 Å². The van der Waals surface area contributed by atoms with Gasteiger partial charge in [-0.2, -0.15) is 0 Å². The summed E-state index contributed by atoms with van der Waals surface area (Å²) in [5.41, 5.74) is 2.28. The van der Waals surface area contributed by atoms with Crippen LogP contribution >= 0.6 is 12.4 Å². The van der Waals surface area contributed by atoms with Gasteiger partial charge in [-0.3, -0.25) is 9.59 Å². The molecular formula is C17H26ClN3O2. The molecule has 23 heavy (non-hydrogen) atoms. The first kappa shape index (κ1) is 19.5. The Kier molecular flexibility index (Phi) is 7.52. The van der Waals surface area contributed by atoms with Gasteiger partial charge in [0.25, 0.3) is 5.91 Å². The van der Waals surface area contributed by atoms with Crippen molar-refractivity contribution in [2.45, 2.75) is 39.7 Å². The first-order valence-electron chi connectivity index (χ1n) is 7.90. The van der Waals surface area contributed by atoms with Gasteiger partial charge >= 0.3 is 0 Å². The number of amides is 2. The van der Waals surface area contributed by atoms with Crippen LogP contribution in [0.1, 0.15) is 42.6 Å². The summed E-state index contributed by atoms with van der Waals surface area (Å²) in [7, 11) is 0. The Morgan fingerprint density at radius 1 is 1.35 bits per heavy atom. The van der Waals surface area contributed by atoms with E-state index in [2.05, 4.69) is 29.8 Å². The van der Waals surface area contributed by atoms with E-state index in [4.69, 9.17) is 0 Å². The van der Waals surface area contributed by atoms with Crippen molar-refractivity contribution in [2.75, 3.05) is 18.4 Å². The maximum atomic E-state index is 12.1. The molecule has 1 aliphatic heterocycles. The van der Waals surface area contributed by atoms with Crippen molar-refractivity contribution in [3.63, 3.8) is 0 Å². The highest BCUT2D eigenvalue weighted by Gasteiger charge is 2.22. The molecule has 6 heteroatoms. The maximum Gasteiger partial charge on any atom is 0.251 e. The predicted molar refractivity (Wildman–Crippen MR) is 95.3 cm³/mol. The highest BCUT2D eigenvalue weighted by molar-refractivity contribution is 5.98. The van der Waals surface area contributed by atoms with E-state index in [1.165, 1.54) is 0 Å². The van der Waals surface area contributed by atoms with Crippen molar-refractivity contribution < 1.29 is 9.59 Å². The van der Waals surface area contributed by atoms with Crippen molar-refractivity contribution in [1.29, 1.82) is 0 Å². The van der Waals surface area contributed by atoms with Crippen LogP contribution in [-0.2, 0) is 4.79 Å². The zero-order valence-corrected chi connectivity index (χ0v) is 14.8. The Balaban J connectivity index is 0.00000264. The third-order valence-electron chi connectivity index (χ3n) is 3.79. The molecule has 0 aromatic heterocycles. The molecule has 0 spiro atoms. The van der Waals surface area contributed by atoms with Gasteiger partial charge in [0.05, 0.1) is 6.04 Å². The Hall–Kier alpha value is -1.59. The van der Waals surface area contributed by atoms with E-state index in [9.17, 15) is 9.59 Å². The number of hydrogen-bond acceptors (Lipinski definition) is 3. The summed E-state index contributed by atoms with van der Waals surface area (Å²) in [6, 6.07) is 5.26. The summed E-state index contributed by atoms with van der Waals surface area (Å²) in [5, 5.41) is 9.01. The van der Waals surface area contributed by atoms with E-state index in [1.54, 1.807) is 12.1 Å². The molecular weight excluding hydrogens is 314 g/mol. The lowest BCUT2D eigenvalue weighted by molar-refractivity contribution is -0.117. The lowest BCUT2D eigenvalue weighted by Gasteiger charge is -2.14. The van der Waals surface area contributed by atoms with Gasteiger partial charge in [0.1, 0.15) is 0 Å². The topological polar surface area (TPSA) is 70.2 Å². The molecule has 3 N–H and O–H groups in total. The SMILES string of the molecule is Cc1cc(C(=O)NCC(C)C)ccc1NC(=O)C1CCCN1.Cl. The number of carbonyl (C=O) groups excluding carboxylic acids is 2. The molecule has 128 valence electrons. The molecule has 2 rings (SSSR count). The lowest BCUT2D eigenvalue weighted by atomic mass is 10.1. The van der Waals surface area contributed by atoms with Crippen LogP contribution in [0.3, 0.4) is 0 Å². The molecule has 5 nitrogen and oxygen atoms in total. The van der Waals surface area contributed by atoms with Crippen molar-refractivity contribution >= 4 is 29.9 Å². The molecule has 1 heterocycles. The second-order valence-corrected chi connectivity index (χ2v) is 6.27. The predicted octanol–water partition coefficient (Wildman–Crippen LogP) is 2.49. The summed E-state index contributed by atoms with van der Waals surface area (Å²) < 4.78 is 0. The number of anilines is 1. The average Bonchev–Trinajstić information content (AvgIpc) is 3.01. The lowest BCUT2D eigenvalue weighted by Crippen LogP contribution is -2.35. The molecule has 0 bridgehead atoms. The number of halogens is 1. The fourth-order valence-electron chi connectivity index (χ4n) is 2.47. The van der Waals surface area contributed by atoms with Crippen LogP contribution in [0.4, 0.5) is 5.69 Å². The van der Waals surface area contributed by atoms with E-state index < -0.39 is 0 Å². The van der Waals surface area contributed by atoms with Crippen molar-refractivity contribution in [2.24, 2.45) is 5.92 Å². The third-order valence-corrected chi connectivity index (χ3v) is 3.79. The van der Waals surface area contributed by atoms with Gasteiger partial charge < -0.3 is 16.0 Å². The normalized spacial score (nSPS) is 16.8. The zero-order chi connectivity index (χ0) is 16.1. The fraction of sp³-hybridized carbons (Fsp3) is 0.529. The van der Waals surface area contributed by atoms with Gasteiger partial charge in [0.15, 0.2) is 0 Å². The molecule has 1 fully saturated rings. The van der Waals surface area contributed by atoms with Crippen LogP contribution in [0.25, 0.3) is 0 Å². The van der Waals surface area contributed by atoms with E-state index >= 15 is 0 Å². The summed E-state index contributed by atoms with van der Waals surface area (Å²) in [4.78, 5) is 24.1. The first-order valence-corrected chi connectivity index (χ1v) is 7.90. The summed E-state index contributed by atoms with van der Waals surface area (Å²) >= 11 is 0. The highest BCUT2D eigenvalue weighted by Crippen LogP contribution is 2.18. The minimum absolute atomic E-state index is 0. The minimum Gasteiger partial charge on any atom is -0.352 e. The number of nitrogens with one attached hydrogen (secondary N) is 3. The summed E-state index contributed by atoms with van der Waals surface area (Å²) in [5.74, 6) is 0.340. The Morgan fingerprint density at radius 3 is 2.65 bits per heavy atom. The molecule has 1 unspecified atom stereocenters. The number of aryl methyl sites for hydroxylation is 1. The molecule has 1 aromatic carbocycles. The fourth-order valence-corrected chi connectivity index (χ4v) is 2.47. The van der Waals surface area contributed by atoms with Gasteiger partial charge in [0.2, 0.25) is 5.91 Å².